The van der Waals surface area contributed by atoms with Gasteiger partial charge in [-0.05, 0) is 74.1 Å². The normalized spacial score (nSPS) is 17.1. The van der Waals surface area contributed by atoms with Crippen LogP contribution in [0.2, 0.25) is 0 Å². The minimum atomic E-state index is 0.0128. The van der Waals surface area contributed by atoms with Crippen molar-refractivity contribution in [1.29, 1.82) is 0 Å². The van der Waals surface area contributed by atoms with Crippen LogP contribution < -0.4 is 5.32 Å². The predicted octanol–water partition coefficient (Wildman–Crippen LogP) is 3.27. The van der Waals surface area contributed by atoms with Crippen LogP contribution in [0.5, 0.6) is 0 Å². The highest BCUT2D eigenvalue weighted by Crippen LogP contribution is 2.35. The van der Waals surface area contributed by atoms with E-state index in [1.165, 1.54) is 6.42 Å². The Morgan fingerprint density at radius 3 is 2.68 bits per heavy atom. The van der Waals surface area contributed by atoms with Crippen LogP contribution >= 0.6 is 38.5 Å². The number of nitrogens with one attached hydrogen (secondary N) is 1. The zero-order valence-corrected chi connectivity index (χ0v) is 14.9. The molecule has 19 heavy (non-hydrogen) atoms. The van der Waals surface area contributed by atoms with Gasteiger partial charge in [0.25, 0.3) is 5.91 Å². The van der Waals surface area contributed by atoms with Crippen LogP contribution in [0, 0.1) is 3.57 Å². The minimum Gasteiger partial charge on any atom is -0.350 e. The van der Waals surface area contributed by atoms with Gasteiger partial charge in [0.05, 0.1) is 5.56 Å². The molecule has 104 valence electrons. The molecule has 1 N–H and O–H groups in total. The minimum absolute atomic E-state index is 0.0128. The number of rotatable bonds is 4. The summed E-state index contributed by atoms with van der Waals surface area (Å²) in [6, 6.07) is 5.77. The van der Waals surface area contributed by atoms with Gasteiger partial charge in [-0.1, -0.05) is 15.9 Å². The Bertz CT molecular complexity index is 486. The molecule has 0 aromatic heterocycles. The monoisotopic (exact) mass is 436 g/mol. The van der Waals surface area contributed by atoms with Crippen molar-refractivity contribution in [2.24, 2.45) is 0 Å². The summed E-state index contributed by atoms with van der Waals surface area (Å²) in [6.45, 7) is 0.724. The Morgan fingerprint density at radius 1 is 1.47 bits per heavy atom. The van der Waals surface area contributed by atoms with E-state index in [9.17, 15) is 4.79 Å². The number of hydrogen-bond acceptors (Lipinski definition) is 2. The molecule has 1 fully saturated rings. The lowest BCUT2D eigenvalue weighted by Gasteiger charge is -2.47. The quantitative estimate of drug-likeness (QED) is 0.734. The maximum Gasteiger partial charge on any atom is 0.252 e. The van der Waals surface area contributed by atoms with Crippen molar-refractivity contribution in [2.45, 2.75) is 24.8 Å². The molecule has 5 heteroatoms. The third-order valence-corrected chi connectivity index (χ3v) is 5.42. The van der Waals surface area contributed by atoms with Crippen molar-refractivity contribution in [1.82, 2.24) is 10.2 Å². The van der Waals surface area contributed by atoms with Gasteiger partial charge in [0, 0.05) is 20.1 Å². The number of amides is 1. The Labute approximate surface area is 136 Å². The largest absolute Gasteiger partial charge is 0.350 e. The van der Waals surface area contributed by atoms with Crippen molar-refractivity contribution >= 4 is 44.4 Å². The number of hydrogen-bond donors (Lipinski definition) is 1. The highest BCUT2D eigenvalue weighted by Gasteiger charge is 2.39. The van der Waals surface area contributed by atoms with E-state index in [2.05, 4.69) is 62.8 Å². The lowest BCUT2D eigenvalue weighted by atomic mass is 9.75. The second-order valence-electron chi connectivity index (χ2n) is 5.28. The van der Waals surface area contributed by atoms with E-state index in [1.807, 2.05) is 18.2 Å². The number of benzene rings is 1. The zero-order valence-electron chi connectivity index (χ0n) is 11.2. The van der Waals surface area contributed by atoms with E-state index in [4.69, 9.17) is 0 Å². The summed E-state index contributed by atoms with van der Waals surface area (Å²) in [5.74, 6) is 0.0128. The number of nitrogens with zero attached hydrogens (tertiary/aromatic N) is 1. The third-order valence-electron chi connectivity index (χ3n) is 3.98. The average molecular weight is 437 g/mol. The van der Waals surface area contributed by atoms with Gasteiger partial charge in [-0.2, -0.15) is 0 Å². The Kier molecular flexibility index (Phi) is 4.89. The molecule has 0 unspecified atom stereocenters. The second kappa shape index (κ2) is 6.10. The Hall–Kier alpha value is -0.140. The maximum atomic E-state index is 12.3. The molecule has 1 amide bonds. The van der Waals surface area contributed by atoms with E-state index < -0.39 is 0 Å². The molecule has 0 heterocycles. The molecule has 0 atom stereocenters. The molecule has 1 aliphatic rings. The maximum absolute atomic E-state index is 12.3. The van der Waals surface area contributed by atoms with E-state index in [-0.39, 0.29) is 11.4 Å². The second-order valence-corrected chi connectivity index (χ2v) is 7.36. The molecule has 0 bridgehead atoms. The SMILES string of the molecule is CN(C)C1(CNC(=O)c2cc(Br)ccc2I)CCC1. The molecule has 1 aromatic carbocycles. The first-order chi connectivity index (χ1) is 8.94. The van der Waals surface area contributed by atoms with Gasteiger partial charge < -0.3 is 10.2 Å². The van der Waals surface area contributed by atoms with Crippen LogP contribution in [0.3, 0.4) is 0 Å². The molecule has 0 saturated heterocycles. The van der Waals surface area contributed by atoms with Crippen molar-refractivity contribution in [2.75, 3.05) is 20.6 Å². The van der Waals surface area contributed by atoms with Crippen LogP contribution in [-0.4, -0.2) is 37.0 Å². The van der Waals surface area contributed by atoms with E-state index >= 15 is 0 Å². The summed E-state index contributed by atoms with van der Waals surface area (Å²) >= 11 is 5.61. The first-order valence-electron chi connectivity index (χ1n) is 6.35. The molecular weight excluding hydrogens is 419 g/mol. The smallest absolute Gasteiger partial charge is 0.252 e. The lowest BCUT2D eigenvalue weighted by molar-refractivity contribution is 0.0557. The summed E-state index contributed by atoms with van der Waals surface area (Å²) in [5.41, 5.74) is 0.899. The summed E-state index contributed by atoms with van der Waals surface area (Å²) in [6.07, 6.45) is 3.58. The Balaban J connectivity index is 2.03. The topological polar surface area (TPSA) is 32.3 Å². The van der Waals surface area contributed by atoms with Crippen LogP contribution in [0.1, 0.15) is 29.6 Å². The molecule has 2 rings (SSSR count). The summed E-state index contributed by atoms with van der Waals surface area (Å²) < 4.78 is 1.91. The zero-order chi connectivity index (χ0) is 14.0. The fourth-order valence-corrected chi connectivity index (χ4v) is 3.32. The van der Waals surface area contributed by atoms with Gasteiger partial charge in [-0.25, -0.2) is 0 Å². The van der Waals surface area contributed by atoms with E-state index in [0.29, 0.717) is 0 Å². The standard InChI is InChI=1S/C14H18BrIN2O/c1-18(2)14(6-3-7-14)9-17-13(19)11-8-10(15)4-5-12(11)16/h4-5,8H,3,6-7,9H2,1-2H3,(H,17,19). The molecule has 1 aromatic rings. The third kappa shape index (κ3) is 3.31. The molecule has 0 spiro atoms. The lowest BCUT2D eigenvalue weighted by Crippen LogP contribution is -2.57. The average Bonchev–Trinajstić information content (AvgIpc) is 2.30. The van der Waals surface area contributed by atoms with Crippen molar-refractivity contribution < 1.29 is 4.79 Å². The molecule has 1 saturated carbocycles. The molecule has 3 nitrogen and oxygen atoms in total. The van der Waals surface area contributed by atoms with Gasteiger partial charge in [-0.3, -0.25) is 4.79 Å². The van der Waals surface area contributed by atoms with Gasteiger partial charge in [0.15, 0.2) is 0 Å². The predicted molar refractivity (Wildman–Crippen MR) is 89.5 cm³/mol. The molecular formula is C14H18BrIN2O. The van der Waals surface area contributed by atoms with Gasteiger partial charge in [-0.15, -0.1) is 0 Å². The van der Waals surface area contributed by atoms with Crippen LogP contribution in [0.15, 0.2) is 22.7 Å². The molecule has 0 aliphatic heterocycles. The van der Waals surface area contributed by atoms with Gasteiger partial charge >= 0.3 is 0 Å². The molecule has 0 radical (unpaired) electrons. The van der Waals surface area contributed by atoms with Crippen molar-refractivity contribution in [3.63, 3.8) is 0 Å². The number of likely N-dealkylation sites (N-methyl/N-ethyl adjacent to an activating group) is 1. The summed E-state index contributed by atoms with van der Waals surface area (Å²) in [4.78, 5) is 14.5. The molecule has 1 aliphatic carbocycles. The van der Waals surface area contributed by atoms with Crippen LogP contribution in [0.4, 0.5) is 0 Å². The number of carbonyl (C=O) groups is 1. The van der Waals surface area contributed by atoms with E-state index in [1.54, 1.807) is 0 Å². The van der Waals surface area contributed by atoms with Crippen molar-refractivity contribution in [3.05, 3.63) is 31.8 Å². The summed E-state index contributed by atoms with van der Waals surface area (Å²) in [7, 11) is 4.18. The van der Waals surface area contributed by atoms with E-state index in [0.717, 1.165) is 33.0 Å². The first kappa shape index (κ1) is 15.3. The van der Waals surface area contributed by atoms with Crippen molar-refractivity contribution in [3.8, 4) is 0 Å². The fourth-order valence-electron chi connectivity index (χ4n) is 2.38. The fraction of sp³-hybridized carbons (Fsp3) is 0.500. The number of carbonyl (C=O) groups excluding carboxylic acids is 1. The van der Waals surface area contributed by atoms with Crippen LogP contribution in [0.25, 0.3) is 0 Å². The highest BCUT2D eigenvalue weighted by molar-refractivity contribution is 14.1. The first-order valence-corrected chi connectivity index (χ1v) is 8.22. The van der Waals surface area contributed by atoms with Crippen LogP contribution in [-0.2, 0) is 0 Å². The van der Waals surface area contributed by atoms with Gasteiger partial charge in [0.2, 0.25) is 0 Å². The van der Waals surface area contributed by atoms with Gasteiger partial charge in [0.1, 0.15) is 0 Å². The highest BCUT2D eigenvalue weighted by atomic mass is 127. The summed E-state index contributed by atoms with van der Waals surface area (Å²) in [5, 5.41) is 3.08. The number of halogens is 2. The Morgan fingerprint density at radius 2 is 2.16 bits per heavy atom.